The molecule has 4 heterocycles. The summed E-state index contributed by atoms with van der Waals surface area (Å²) in [4.78, 5) is 28.5. The number of hydrogen-bond donors (Lipinski definition) is 2. The van der Waals surface area contributed by atoms with Crippen LogP contribution in [0.5, 0.6) is 0 Å². The third kappa shape index (κ3) is 2.94. The van der Waals surface area contributed by atoms with Crippen molar-refractivity contribution in [3.05, 3.63) is 57.1 Å². The standard InChI is InChI=1S/C21H25N5O/c1-14-15-6-2-3-7-17(15)22-18(14)12-25-11-8-16-19(13-25)23-21(24-20(16)27)26-9-4-5-10-26/h2-3,6-7,22H,4-5,8-13H2,1H3,(H,23,24,27). The average Bonchev–Trinajstić information content (AvgIpc) is 3.31. The molecular formula is C21H25N5O. The summed E-state index contributed by atoms with van der Waals surface area (Å²) >= 11 is 0. The van der Waals surface area contributed by atoms with Gasteiger partial charge in [0.1, 0.15) is 0 Å². The van der Waals surface area contributed by atoms with E-state index in [0.717, 1.165) is 56.4 Å². The van der Waals surface area contributed by atoms with Gasteiger partial charge in [-0.3, -0.25) is 14.7 Å². The molecule has 1 saturated heterocycles. The molecular weight excluding hydrogens is 338 g/mol. The van der Waals surface area contributed by atoms with E-state index in [-0.39, 0.29) is 5.56 Å². The number of H-pyrrole nitrogens is 2. The van der Waals surface area contributed by atoms with Gasteiger partial charge in [0, 0.05) is 54.9 Å². The topological polar surface area (TPSA) is 68.0 Å². The molecule has 0 atom stereocenters. The van der Waals surface area contributed by atoms with Crippen molar-refractivity contribution in [1.29, 1.82) is 0 Å². The lowest BCUT2D eigenvalue weighted by Gasteiger charge is -2.28. The third-order valence-corrected chi connectivity index (χ3v) is 6.00. The Kier molecular flexibility index (Phi) is 4.01. The Morgan fingerprint density at radius 1 is 1.11 bits per heavy atom. The second kappa shape index (κ2) is 6.53. The van der Waals surface area contributed by atoms with Gasteiger partial charge in [0.05, 0.1) is 5.69 Å². The van der Waals surface area contributed by atoms with Crippen LogP contribution in [0.25, 0.3) is 10.9 Å². The number of aromatic amines is 2. The van der Waals surface area contributed by atoms with Gasteiger partial charge in [0.15, 0.2) is 0 Å². The molecule has 140 valence electrons. The van der Waals surface area contributed by atoms with Gasteiger partial charge in [0.2, 0.25) is 5.95 Å². The minimum absolute atomic E-state index is 0.0448. The van der Waals surface area contributed by atoms with Gasteiger partial charge in [-0.2, -0.15) is 0 Å². The van der Waals surface area contributed by atoms with E-state index in [4.69, 9.17) is 4.98 Å². The maximum absolute atomic E-state index is 12.5. The predicted molar refractivity (Wildman–Crippen MR) is 107 cm³/mol. The Hall–Kier alpha value is -2.60. The summed E-state index contributed by atoms with van der Waals surface area (Å²) in [6, 6.07) is 8.44. The highest BCUT2D eigenvalue weighted by Gasteiger charge is 2.24. The zero-order valence-corrected chi connectivity index (χ0v) is 15.7. The maximum atomic E-state index is 12.5. The van der Waals surface area contributed by atoms with Crippen molar-refractivity contribution < 1.29 is 0 Å². The van der Waals surface area contributed by atoms with Crippen molar-refractivity contribution in [2.24, 2.45) is 0 Å². The molecule has 0 saturated carbocycles. The highest BCUT2D eigenvalue weighted by molar-refractivity contribution is 5.84. The summed E-state index contributed by atoms with van der Waals surface area (Å²) in [5.74, 6) is 0.750. The molecule has 0 radical (unpaired) electrons. The molecule has 2 aliphatic heterocycles. The first-order chi connectivity index (χ1) is 13.2. The summed E-state index contributed by atoms with van der Waals surface area (Å²) in [6.07, 6.45) is 3.11. The highest BCUT2D eigenvalue weighted by atomic mass is 16.1. The third-order valence-electron chi connectivity index (χ3n) is 6.00. The fraction of sp³-hybridized carbons (Fsp3) is 0.429. The average molecular weight is 363 g/mol. The van der Waals surface area contributed by atoms with Gasteiger partial charge in [-0.25, -0.2) is 4.98 Å². The van der Waals surface area contributed by atoms with Crippen molar-refractivity contribution in [3.8, 4) is 0 Å². The molecule has 2 aromatic heterocycles. The molecule has 2 aliphatic rings. The number of nitrogens with one attached hydrogen (secondary N) is 2. The van der Waals surface area contributed by atoms with Gasteiger partial charge in [0.25, 0.3) is 5.56 Å². The quantitative estimate of drug-likeness (QED) is 0.751. The normalized spacial score (nSPS) is 17.6. The Morgan fingerprint density at radius 2 is 1.93 bits per heavy atom. The van der Waals surface area contributed by atoms with Gasteiger partial charge in [-0.05, 0) is 37.8 Å². The van der Waals surface area contributed by atoms with Crippen LogP contribution in [0.1, 0.15) is 35.4 Å². The molecule has 0 amide bonds. The number of anilines is 1. The molecule has 6 nitrogen and oxygen atoms in total. The van der Waals surface area contributed by atoms with Gasteiger partial charge >= 0.3 is 0 Å². The zero-order chi connectivity index (χ0) is 18.4. The zero-order valence-electron chi connectivity index (χ0n) is 15.7. The first-order valence-corrected chi connectivity index (χ1v) is 9.84. The molecule has 0 unspecified atom stereocenters. The van der Waals surface area contributed by atoms with Crippen LogP contribution in [-0.4, -0.2) is 39.5 Å². The Balaban J connectivity index is 1.41. The lowest BCUT2D eigenvalue weighted by molar-refractivity contribution is 0.238. The van der Waals surface area contributed by atoms with E-state index < -0.39 is 0 Å². The number of benzene rings is 1. The Labute approximate surface area is 158 Å². The van der Waals surface area contributed by atoms with Crippen LogP contribution in [-0.2, 0) is 19.5 Å². The van der Waals surface area contributed by atoms with Crippen LogP contribution in [0.2, 0.25) is 0 Å². The molecule has 3 aromatic rings. The van der Waals surface area contributed by atoms with Crippen molar-refractivity contribution >= 4 is 16.9 Å². The lowest BCUT2D eigenvalue weighted by Crippen LogP contribution is -2.36. The lowest BCUT2D eigenvalue weighted by atomic mass is 10.1. The van der Waals surface area contributed by atoms with E-state index in [0.29, 0.717) is 0 Å². The molecule has 5 rings (SSSR count). The van der Waals surface area contributed by atoms with Crippen LogP contribution in [0, 0.1) is 6.92 Å². The van der Waals surface area contributed by atoms with Crippen molar-refractivity contribution in [2.75, 3.05) is 24.5 Å². The van der Waals surface area contributed by atoms with Crippen LogP contribution in [0.3, 0.4) is 0 Å². The SMILES string of the molecule is Cc1c(CN2CCc3c(nc(N4CCCC4)[nH]c3=O)C2)[nH]c2ccccc12. The fourth-order valence-electron chi connectivity index (χ4n) is 4.41. The number of aromatic nitrogens is 3. The fourth-order valence-corrected chi connectivity index (χ4v) is 4.41. The summed E-state index contributed by atoms with van der Waals surface area (Å²) in [5, 5.41) is 1.29. The molecule has 2 N–H and O–H groups in total. The van der Waals surface area contributed by atoms with Crippen LogP contribution >= 0.6 is 0 Å². The first kappa shape index (κ1) is 16.6. The second-order valence-electron chi connectivity index (χ2n) is 7.74. The minimum atomic E-state index is 0.0448. The van der Waals surface area contributed by atoms with Gasteiger partial charge in [-0.15, -0.1) is 0 Å². The summed E-state index contributed by atoms with van der Waals surface area (Å²) < 4.78 is 0. The van der Waals surface area contributed by atoms with E-state index in [1.807, 2.05) is 0 Å². The minimum Gasteiger partial charge on any atom is -0.357 e. The first-order valence-electron chi connectivity index (χ1n) is 9.84. The predicted octanol–water partition coefficient (Wildman–Crippen LogP) is 2.72. The number of fused-ring (bicyclic) bond motifs is 2. The molecule has 0 spiro atoms. The van der Waals surface area contributed by atoms with Crippen LogP contribution in [0.15, 0.2) is 29.1 Å². The summed E-state index contributed by atoms with van der Waals surface area (Å²) in [5.41, 5.74) is 5.61. The molecule has 1 fully saturated rings. The summed E-state index contributed by atoms with van der Waals surface area (Å²) in [7, 11) is 0. The number of aryl methyl sites for hydroxylation is 1. The number of para-hydroxylation sites is 1. The molecule has 27 heavy (non-hydrogen) atoms. The van der Waals surface area contributed by atoms with Crippen molar-refractivity contribution in [1.82, 2.24) is 19.9 Å². The van der Waals surface area contributed by atoms with Crippen LogP contribution < -0.4 is 10.5 Å². The van der Waals surface area contributed by atoms with E-state index >= 15 is 0 Å². The second-order valence-corrected chi connectivity index (χ2v) is 7.74. The molecule has 1 aromatic carbocycles. The van der Waals surface area contributed by atoms with Crippen molar-refractivity contribution in [2.45, 2.75) is 39.3 Å². The monoisotopic (exact) mass is 363 g/mol. The Bertz CT molecular complexity index is 1040. The highest BCUT2D eigenvalue weighted by Crippen LogP contribution is 2.25. The number of nitrogens with zero attached hydrogens (tertiary/aromatic N) is 3. The van der Waals surface area contributed by atoms with Crippen molar-refractivity contribution in [3.63, 3.8) is 0 Å². The summed E-state index contributed by atoms with van der Waals surface area (Å²) in [6.45, 7) is 6.62. The van der Waals surface area contributed by atoms with E-state index in [1.165, 1.54) is 35.0 Å². The molecule has 6 heteroatoms. The number of hydrogen-bond acceptors (Lipinski definition) is 4. The number of rotatable bonds is 3. The largest absolute Gasteiger partial charge is 0.357 e. The van der Waals surface area contributed by atoms with Gasteiger partial charge in [-0.1, -0.05) is 18.2 Å². The van der Waals surface area contributed by atoms with Gasteiger partial charge < -0.3 is 9.88 Å². The molecule has 0 bridgehead atoms. The van der Waals surface area contributed by atoms with E-state index in [2.05, 4.69) is 51.0 Å². The maximum Gasteiger partial charge on any atom is 0.255 e. The Morgan fingerprint density at radius 3 is 2.74 bits per heavy atom. The smallest absolute Gasteiger partial charge is 0.255 e. The molecule has 0 aliphatic carbocycles. The van der Waals surface area contributed by atoms with Crippen LogP contribution in [0.4, 0.5) is 5.95 Å². The van der Waals surface area contributed by atoms with E-state index in [1.54, 1.807) is 0 Å². The van der Waals surface area contributed by atoms with E-state index in [9.17, 15) is 4.79 Å².